The van der Waals surface area contributed by atoms with Crippen LogP contribution in [0.25, 0.3) is 0 Å². The van der Waals surface area contributed by atoms with E-state index >= 15 is 0 Å². The Morgan fingerprint density at radius 2 is 1.97 bits per heavy atom. The molecular weight excluding hydrogens is 384 g/mol. The Hall–Kier alpha value is -3.09. The van der Waals surface area contributed by atoms with Gasteiger partial charge in [-0.2, -0.15) is 0 Å². The summed E-state index contributed by atoms with van der Waals surface area (Å²) in [6.07, 6.45) is 4.62. The van der Waals surface area contributed by atoms with Gasteiger partial charge in [0.1, 0.15) is 0 Å². The summed E-state index contributed by atoms with van der Waals surface area (Å²) in [6, 6.07) is 8.12. The normalized spacial score (nSPS) is 21.0. The van der Waals surface area contributed by atoms with Crippen LogP contribution in [-0.4, -0.2) is 30.4 Å². The van der Waals surface area contributed by atoms with Gasteiger partial charge in [-0.3, -0.25) is 9.59 Å². The Bertz CT molecular complexity index is 906. The number of benzene rings is 1. The lowest BCUT2D eigenvalue weighted by Gasteiger charge is -2.34. The summed E-state index contributed by atoms with van der Waals surface area (Å²) in [5.74, 6) is -0.199. The molecule has 1 aliphatic carbocycles. The number of anilines is 1. The SMILES string of the molecule is Cc1ccc(C(=O)OCC(=O)N[C@@H]2CCC[C@@H](C)[C@@H]2C)cc1NC(=O)c1ccco1. The second-order valence-electron chi connectivity index (χ2n) is 7.98. The number of nitrogens with one attached hydrogen (secondary N) is 2. The van der Waals surface area contributed by atoms with Crippen molar-refractivity contribution >= 4 is 23.5 Å². The van der Waals surface area contributed by atoms with Crippen molar-refractivity contribution in [3.63, 3.8) is 0 Å². The maximum atomic E-state index is 12.4. The second kappa shape index (κ2) is 9.61. The van der Waals surface area contributed by atoms with Gasteiger partial charge in [0, 0.05) is 11.7 Å². The average molecular weight is 412 g/mol. The van der Waals surface area contributed by atoms with Crippen LogP contribution in [0.1, 0.15) is 59.6 Å². The van der Waals surface area contributed by atoms with E-state index in [1.165, 1.54) is 18.8 Å². The summed E-state index contributed by atoms with van der Waals surface area (Å²) in [7, 11) is 0. The smallest absolute Gasteiger partial charge is 0.338 e. The molecular formula is C23H28N2O5. The van der Waals surface area contributed by atoms with E-state index in [9.17, 15) is 14.4 Å². The molecule has 160 valence electrons. The van der Waals surface area contributed by atoms with Crippen molar-refractivity contribution < 1.29 is 23.5 Å². The second-order valence-corrected chi connectivity index (χ2v) is 7.98. The third kappa shape index (κ3) is 5.28. The van der Waals surface area contributed by atoms with Crippen LogP contribution >= 0.6 is 0 Å². The molecule has 1 aromatic heterocycles. The molecule has 2 N–H and O–H groups in total. The fourth-order valence-electron chi connectivity index (χ4n) is 3.72. The van der Waals surface area contributed by atoms with Crippen molar-refractivity contribution in [1.29, 1.82) is 0 Å². The first kappa shape index (κ1) is 21.6. The van der Waals surface area contributed by atoms with E-state index in [2.05, 4.69) is 24.5 Å². The molecule has 3 atom stereocenters. The lowest BCUT2D eigenvalue weighted by molar-refractivity contribution is -0.125. The molecule has 3 rings (SSSR count). The van der Waals surface area contributed by atoms with Gasteiger partial charge < -0.3 is 19.8 Å². The van der Waals surface area contributed by atoms with Crippen LogP contribution < -0.4 is 10.6 Å². The lowest BCUT2D eigenvalue weighted by Crippen LogP contribution is -2.45. The number of aryl methyl sites for hydroxylation is 1. The van der Waals surface area contributed by atoms with Crippen molar-refractivity contribution in [2.24, 2.45) is 11.8 Å². The van der Waals surface area contributed by atoms with Crippen LogP contribution in [-0.2, 0) is 9.53 Å². The summed E-state index contributed by atoms with van der Waals surface area (Å²) in [5.41, 5.74) is 1.51. The van der Waals surface area contributed by atoms with Crippen LogP contribution in [0.4, 0.5) is 5.69 Å². The van der Waals surface area contributed by atoms with Crippen molar-refractivity contribution in [3.05, 3.63) is 53.5 Å². The van der Waals surface area contributed by atoms with Crippen molar-refractivity contribution in [2.45, 2.75) is 46.1 Å². The molecule has 0 saturated heterocycles. The Labute approximate surface area is 176 Å². The zero-order valence-electron chi connectivity index (χ0n) is 17.6. The molecule has 2 aromatic rings. The molecule has 1 aliphatic rings. The largest absolute Gasteiger partial charge is 0.459 e. The number of hydrogen-bond acceptors (Lipinski definition) is 5. The molecule has 30 heavy (non-hydrogen) atoms. The zero-order valence-corrected chi connectivity index (χ0v) is 17.6. The van der Waals surface area contributed by atoms with Gasteiger partial charge in [-0.05, 0) is 55.0 Å². The van der Waals surface area contributed by atoms with E-state index in [0.29, 0.717) is 17.5 Å². The van der Waals surface area contributed by atoms with Crippen molar-refractivity contribution in [2.75, 3.05) is 11.9 Å². The predicted molar refractivity (Wildman–Crippen MR) is 112 cm³/mol. The van der Waals surface area contributed by atoms with Gasteiger partial charge in [0.25, 0.3) is 11.8 Å². The minimum absolute atomic E-state index is 0.114. The number of rotatable bonds is 6. The van der Waals surface area contributed by atoms with Crippen LogP contribution in [0.5, 0.6) is 0 Å². The number of carbonyl (C=O) groups excluding carboxylic acids is 3. The fraction of sp³-hybridized carbons (Fsp3) is 0.435. The molecule has 2 amide bonds. The number of furan rings is 1. The lowest BCUT2D eigenvalue weighted by atomic mass is 9.78. The minimum Gasteiger partial charge on any atom is -0.459 e. The van der Waals surface area contributed by atoms with Crippen molar-refractivity contribution in [1.82, 2.24) is 5.32 Å². The summed E-state index contributed by atoms with van der Waals surface area (Å²) in [4.78, 5) is 36.8. The van der Waals surface area contributed by atoms with Gasteiger partial charge in [-0.25, -0.2) is 4.79 Å². The van der Waals surface area contributed by atoms with Crippen LogP contribution in [0.3, 0.4) is 0 Å². The first-order valence-electron chi connectivity index (χ1n) is 10.3. The molecule has 7 nitrogen and oxygen atoms in total. The molecule has 0 bridgehead atoms. The molecule has 1 saturated carbocycles. The Morgan fingerprint density at radius 3 is 2.70 bits per heavy atom. The number of amides is 2. The molecule has 1 aromatic carbocycles. The first-order valence-corrected chi connectivity index (χ1v) is 10.3. The van der Waals surface area contributed by atoms with Gasteiger partial charge >= 0.3 is 5.97 Å². The van der Waals surface area contributed by atoms with E-state index in [-0.39, 0.29) is 29.9 Å². The fourth-order valence-corrected chi connectivity index (χ4v) is 3.72. The van der Waals surface area contributed by atoms with Crippen molar-refractivity contribution in [3.8, 4) is 0 Å². The van der Waals surface area contributed by atoms with E-state index in [1.807, 2.05) is 6.92 Å². The number of hydrogen-bond donors (Lipinski definition) is 2. The van der Waals surface area contributed by atoms with Crippen LogP contribution in [0.15, 0.2) is 41.0 Å². The highest BCUT2D eigenvalue weighted by molar-refractivity contribution is 6.03. The predicted octanol–water partition coefficient (Wildman–Crippen LogP) is 3.94. The van der Waals surface area contributed by atoms with E-state index in [1.54, 1.807) is 24.3 Å². The van der Waals surface area contributed by atoms with Gasteiger partial charge in [0.2, 0.25) is 0 Å². The monoisotopic (exact) mass is 412 g/mol. The molecule has 0 radical (unpaired) electrons. The third-order valence-electron chi connectivity index (χ3n) is 5.85. The van der Waals surface area contributed by atoms with Gasteiger partial charge in [-0.15, -0.1) is 0 Å². The summed E-state index contributed by atoms with van der Waals surface area (Å²) in [5, 5.41) is 5.70. The Balaban J connectivity index is 1.56. The van der Waals surface area contributed by atoms with E-state index in [4.69, 9.17) is 9.15 Å². The minimum atomic E-state index is -0.622. The maximum Gasteiger partial charge on any atom is 0.338 e. The van der Waals surface area contributed by atoms with Gasteiger partial charge in [0.05, 0.1) is 11.8 Å². The standard InChI is InChI=1S/C23H28N2O5/c1-14-6-4-7-18(16(14)3)24-21(26)13-30-23(28)17-10-9-15(2)19(12-17)25-22(27)20-8-5-11-29-20/h5,8-12,14,16,18H,4,6-7,13H2,1-3H3,(H,24,26)(H,25,27)/t14-,16+,18-/m1/s1. The number of esters is 1. The molecule has 7 heteroatoms. The molecule has 0 spiro atoms. The first-order chi connectivity index (χ1) is 14.3. The molecule has 1 heterocycles. The zero-order chi connectivity index (χ0) is 21.7. The highest BCUT2D eigenvalue weighted by atomic mass is 16.5. The highest BCUT2D eigenvalue weighted by Gasteiger charge is 2.28. The maximum absolute atomic E-state index is 12.4. The number of carbonyl (C=O) groups is 3. The Morgan fingerprint density at radius 1 is 1.17 bits per heavy atom. The Kier molecular flexibility index (Phi) is 6.92. The van der Waals surface area contributed by atoms with Gasteiger partial charge in [0.15, 0.2) is 12.4 Å². The molecule has 1 fully saturated rings. The molecule has 0 unspecified atom stereocenters. The third-order valence-corrected chi connectivity index (χ3v) is 5.85. The topological polar surface area (TPSA) is 97.6 Å². The average Bonchev–Trinajstić information content (AvgIpc) is 3.26. The summed E-state index contributed by atoms with van der Waals surface area (Å²) < 4.78 is 10.3. The molecule has 0 aliphatic heterocycles. The van der Waals surface area contributed by atoms with Crippen LogP contribution in [0.2, 0.25) is 0 Å². The summed E-state index contributed by atoms with van der Waals surface area (Å²) in [6.45, 7) is 5.82. The van der Waals surface area contributed by atoms with Crippen LogP contribution in [0, 0.1) is 18.8 Å². The number of ether oxygens (including phenoxy) is 1. The van der Waals surface area contributed by atoms with Gasteiger partial charge in [-0.1, -0.05) is 32.8 Å². The highest BCUT2D eigenvalue weighted by Crippen LogP contribution is 2.29. The van der Waals surface area contributed by atoms with E-state index in [0.717, 1.165) is 18.4 Å². The van der Waals surface area contributed by atoms with E-state index < -0.39 is 11.9 Å². The quantitative estimate of drug-likeness (QED) is 0.701. The summed E-state index contributed by atoms with van der Waals surface area (Å²) >= 11 is 0.